The molecule has 2 aliphatic rings. The van der Waals surface area contributed by atoms with E-state index in [1.54, 1.807) is 36.2 Å². The molecule has 3 heterocycles. The first-order valence-corrected chi connectivity index (χ1v) is 11.1. The van der Waals surface area contributed by atoms with Gasteiger partial charge in [-0.25, -0.2) is 9.78 Å². The minimum absolute atomic E-state index is 0.138. The van der Waals surface area contributed by atoms with E-state index in [0.717, 1.165) is 38.0 Å². The third kappa shape index (κ3) is 5.11. The lowest BCUT2D eigenvalue weighted by Gasteiger charge is -2.32. The lowest BCUT2D eigenvalue weighted by atomic mass is 9.97. The molecule has 1 aromatic carbocycles. The van der Waals surface area contributed by atoms with Gasteiger partial charge in [-0.05, 0) is 44.0 Å². The number of carbonyl (C=O) groups excluding carboxylic acids is 2. The Kier molecular flexibility index (Phi) is 6.76. The van der Waals surface area contributed by atoms with Crippen LogP contribution in [0, 0.1) is 5.92 Å². The van der Waals surface area contributed by atoms with Crippen molar-refractivity contribution in [3.8, 4) is 0 Å². The van der Waals surface area contributed by atoms with Crippen LogP contribution in [0.2, 0.25) is 5.02 Å². The Morgan fingerprint density at radius 3 is 2.75 bits per heavy atom. The molecule has 1 fully saturated rings. The normalized spacial score (nSPS) is 17.0. The highest BCUT2D eigenvalue weighted by Gasteiger charge is 2.27. The molecule has 9 nitrogen and oxygen atoms in total. The second kappa shape index (κ2) is 9.70. The van der Waals surface area contributed by atoms with Gasteiger partial charge < -0.3 is 10.2 Å². The molecule has 2 aromatic rings. The van der Waals surface area contributed by atoms with Crippen LogP contribution in [0.4, 0.5) is 22.2 Å². The molecule has 2 N–H and O–H groups in total. The summed E-state index contributed by atoms with van der Waals surface area (Å²) >= 11 is 6.25. The van der Waals surface area contributed by atoms with Crippen LogP contribution in [0.15, 0.2) is 30.5 Å². The molecule has 32 heavy (non-hydrogen) atoms. The fourth-order valence-electron chi connectivity index (χ4n) is 3.91. The minimum Gasteiger partial charge on any atom is -0.354 e. The zero-order chi connectivity index (χ0) is 22.7. The Morgan fingerprint density at radius 2 is 2.03 bits per heavy atom. The van der Waals surface area contributed by atoms with Crippen LogP contribution < -0.4 is 15.5 Å². The van der Waals surface area contributed by atoms with Crippen molar-refractivity contribution in [2.75, 3.05) is 55.8 Å². The number of halogens is 1. The van der Waals surface area contributed by atoms with Gasteiger partial charge in [0.05, 0.1) is 23.8 Å². The maximum atomic E-state index is 12.6. The zero-order valence-electron chi connectivity index (χ0n) is 18.3. The van der Waals surface area contributed by atoms with Crippen molar-refractivity contribution in [1.29, 1.82) is 0 Å². The monoisotopic (exact) mass is 457 g/mol. The number of amides is 3. The first kappa shape index (κ1) is 22.3. The molecular weight excluding hydrogens is 430 g/mol. The SMILES string of the molecule is CN(C)C(=O)CN1CCC(CNc2ncc3c(n2)NC(=O)N(c2ccccc2Cl)C3)CC1. The molecule has 2 aliphatic heterocycles. The molecule has 0 bridgehead atoms. The van der Waals surface area contributed by atoms with E-state index in [1.807, 2.05) is 18.2 Å². The number of nitrogens with zero attached hydrogens (tertiary/aromatic N) is 5. The van der Waals surface area contributed by atoms with E-state index in [9.17, 15) is 9.59 Å². The summed E-state index contributed by atoms with van der Waals surface area (Å²) in [6, 6.07) is 6.97. The van der Waals surface area contributed by atoms with Crippen LogP contribution in [-0.2, 0) is 11.3 Å². The first-order valence-electron chi connectivity index (χ1n) is 10.8. The number of nitrogens with one attached hydrogen (secondary N) is 2. The van der Waals surface area contributed by atoms with Crippen molar-refractivity contribution in [3.05, 3.63) is 41.0 Å². The summed E-state index contributed by atoms with van der Waals surface area (Å²) in [6.07, 6.45) is 3.77. The molecule has 1 saturated heterocycles. The molecule has 0 saturated carbocycles. The highest BCUT2D eigenvalue weighted by atomic mass is 35.5. The van der Waals surface area contributed by atoms with Crippen molar-refractivity contribution in [3.63, 3.8) is 0 Å². The summed E-state index contributed by atoms with van der Waals surface area (Å²) in [7, 11) is 3.57. The molecule has 0 spiro atoms. The third-order valence-electron chi connectivity index (χ3n) is 5.92. The predicted octanol–water partition coefficient (Wildman–Crippen LogP) is 2.89. The molecule has 0 atom stereocenters. The predicted molar refractivity (Wildman–Crippen MR) is 125 cm³/mol. The Balaban J connectivity index is 1.31. The number of urea groups is 1. The summed E-state index contributed by atoms with van der Waals surface area (Å²) < 4.78 is 0. The molecule has 0 aliphatic carbocycles. The molecule has 0 unspecified atom stereocenters. The van der Waals surface area contributed by atoms with Gasteiger partial charge in [0.2, 0.25) is 11.9 Å². The van der Waals surface area contributed by atoms with Gasteiger partial charge in [-0.15, -0.1) is 0 Å². The first-order chi connectivity index (χ1) is 15.4. The highest BCUT2D eigenvalue weighted by molar-refractivity contribution is 6.34. The number of para-hydroxylation sites is 1. The van der Waals surface area contributed by atoms with E-state index in [2.05, 4.69) is 25.5 Å². The molecule has 170 valence electrons. The van der Waals surface area contributed by atoms with Crippen LogP contribution in [-0.4, -0.2) is 72.0 Å². The Hall–Kier alpha value is -2.91. The largest absolute Gasteiger partial charge is 0.354 e. The Labute approximate surface area is 192 Å². The summed E-state index contributed by atoms with van der Waals surface area (Å²) in [4.78, 5) is 38.8. The lowest BCUT2D eigenvalue weighted by molar-refractivity contribution is -0.130. The van der Waals surface area contributed by atoms with E-state index in [4.69, 9.17) is 11.6 Å². The summed E-state index contributed by atoms with van der Waals surface area (Å²) in [6.45, 7) is 3.41. The maximum absolute atomic E-state index is 12.6. The van der Waals surface area contributed by atoms with E-state index in [1.165, 1.54) is 0 Å². The Bertz CT molecular complexity index is 992. The lowest BCUT2D eigenvalue weighted by Crippen LogP contribution is -2.42. The van der Waals surface area contributed by atoms with E-state index < -0.39 is 0 Å². The van der Waals surface area contributed by atoms with Crippen molar-refractivity contribution >= 4 is 41.0 Å². The smallest absolute Gasteiger partial charge is 0.327 e. The van der Waals surface area contributed by atoms with Crippen LogP contribution in [0.25, 0.3) is 0 Å². The second-order valence-corrected chi connectivity index (χ2v) is 8.83. The van der Waals surface area contributed by atoms with E-state index in [0.29, 0.717) is 41.5 Å². The number of likely N-dealkylation sites (tertiary alicyclic amines) is 1. The number of fused-ring (bicyclic) bond motifs is 1. The molecule has 3 amide bonds. The standard InChI is InChI=1S/C22H28ClN7O2/c1-28(2)19(31)14-29-9-7-15(8-10-29)11-24-21-25-12-16-13-30(22(32)27-20(16)26-21)18-6-4-3-5-17(18)23/h3-6,12,15H,7-11,13-14H2,1-2H3,(H2,24,25,26,27,32). The van der Waals surface area contributed by atoms with Gasteiger partial charge in [-0.2, -0.15) is 4.98 Å². The quantitative estimate of drug-likeness (QED) is 0.692. The number of aromatic nitrogens is 2. The van der Waals surface area contributed by atoms with Gasteiger partial charge in [0.25, 0.3) is 0 Å². The maximum Gasteiger partial charge on any atom is 0.327 e. The average molecular weight is 458 g/mol. The van der Waals surface area contributed by atoms with Crippen molar-refractivity contribution in [2.45, 2.75) is 19.4 Å². The van der Waals surface area contributed by atoms with Gasteiger partial charge in [0.15, 0.2) is 0 Å². The van der Waals surface area contributed by atoms with Crippen LogP contribution in [0.3, 0.4) is 0 Å². The number of likely N-dealkylation sites (N-methyl/N-ethyl adjacent to an activating group) is 1. The van der Waals surface area contributed by atoms with Crippen molar-refractivity contribution in [1.82, 2.24) is 19.8 Å². The van der Waals surface area contributed by atoms with Gasteiger partial charge in [-0.3, -0.25) is 19.9 Å². The fraction of sp³-hybridized carbons (Fsp3) is 0.455. The van der Waals surface area contributed by atoms with Gasteiger partial charge in [-0.1, -0.05) is 23.7 Å². The van der Waals surface area contributed by atoms with Gasteiger partial charge >= 0.3 is 6.03 Å². The topological polar surface area (TPSA) is 93.7 Å². The molecule has 10 heteroatoms. The summed E-state index contributed by atoms with van der Waals surface area (Å²) in [5, 5.41) is 6.66. The van der Waals surface area contributed by atoms with Crippen molar-refractivity contribution < 1.29 is 9.59 Å². The van der Waals surface area contributed by atoms with Gasteiger partial charge in [0.1, 0.15) is 5.82 Å². The molecule has 1 aromatic heterocycles. The number of hydrogen-bond donors (Lipinski definition) is 2. The number of carbonyl (C=O) groups is 2. The van der Waals surface area contributed by atoms with Crippen LogP contribution >= 0.6 is 11.6 Å². The van der Waals surface area contributed by atoms with Crippen LogP contribution in [0.5, 0.6) is 0 Å². The van der Waals surface area contributed by atoms with Crippen molar-refractivity contribution in [2.24, 2.45) is 5.92 Å². The number of benzene rings is 1. The zero-order valence-corrected chi connectivity index (χ0v) is 19.1. The number of hydrogen-bond acceptors (Lipinski definition) is 6. The average Bonchev–Trinajstić information content (AvgIpc) is 2.78. The molecule has 4 rings (SSSR count). The number of rotatable bonds is 6. The summed E-state index contributed by atoms with van der Waals surface area (Å²) in [5.74, 6) is 1.65. The highest BCUT2D eigenvalue weighted by Crippen LogP contribution is 2.31. The minimum atomic E-state index is -0.269. The van der Waals surface area contributed by atoms with E-state index >= 15 is 0 Å². The second-order valence-electron chi connectivity index (χ2n) is 8.42. The molecular formula is C22H28ClN7O2. The van der Waals surface area contributed by atoms with E-state index in [-0.39, 0.29) is 11.9 Å². The third-order valence-corrected chi connectivity index (χ3v) is 6.24. The summed E-state index contributed by atoms with van der Waals surface area (Å²) in [5.41, 5.74) is 1.48. The van der Waals surface area contributed by atoms with Crippen LogP contribution in [0.1, 0.15) is 18.4 Å². The fourth-order valence-corrected chi connectivity index (χ4v) is 4.15. The molecule has 0 radical (unpaired) electrons. The number of piperidine rings is 1. The number of anilines is 3. The Morgan fingerprint density at radius 1 is 1.28 bits per heavy atom. The van der Waals surface area contributed by atoms with Gasteiger partial charge in [0, 0.05) is 32.4 Å².